The number of aromatic nitrogens is 2. The fraction of sp³-hybridized carbons (Fsp3) is 0.733. The van der Waals surface area contributed by atoms with Crippen LogP contribution < -0.4 is 0 Å². The number of aryl methyl sites for hydroxylation is 1. The number of hydrogen-bond acceptors (Lipinski definition) is 3. The van der Waals surface area contributed by atoms with E-state index in [-0.39, 0.29) is 5.78 Å². The van der Waals surface area contributed by atoms with Gasteiger partial charge in [-0.1, -0.05) is 6.92 Å². The van der Waals surface area contributed by atoms with Gasteiger partial charge in [-0.25, -0.2) is 0 Å². The first-order valence-electron chi connectivity index (χ1n) is 7.19. The van der Waals surface area contributed by atoms with Gasteiger partial charge in [-0.15, -0.1) is 0 Å². The summed E-state index contributed by atoms with van der Waals surface area (Å²) in [5.74, 6) is 0.913. The van der Waals surface area contributed by atoms with Gasteiger partial charge in [0, 0.05) is 26.3 Å². The summed E-state index contributed by atoms with van der Waals surface area (Å²) < 4.78 is 7.47. The predicted octanol–water partition coefficient (Wildman–Crippen LogP) is 2.61. The van der Waals surface area contributed by atoms with Crippen LogP contribution in [0.1, 0.15) is 45.1 Å². The van der Waals surface area contributed by atoms with Crippen molar-refractivity contribution in [1.82, 2.24) is 9.78 Å². The molecule has 1 heterocycles. The van der Waals surface area contributed by atoms with Crippen molar-refractivity contribution in [2.24, 2.45) is 5.92 Å². The third-order valence-corrected chi connectivity index (χ3v) is 4.36. The molecule has 1 aromatic rings. The van der Waals surface area contributed by atoms with E-state index in [1.54, 1.807) is 13.3 Å². The van der Waals surface area contributed by atoms with Crippen molar-refractivity contribution >= 4 is 5.78 Å². The molecule has 0 spiro atoms. The van der Waals surface area contributed by atoms with Crippen molar-refractivity contribution in [1.29, 1.82) is 0 Å². The van der Waals surface area contributed by atoms with Gasteiger partial charge in [0.1, 0.15) is 5.60 Å². The topological polar surface area (TPSA) is 44.1 Å². The molecular weight excluding hydrogens is 240 g/mol. The van der Waals surface area contributed by atoms with E-state index in [4.69, 9.17) is 4.74 Å². The highest BCUT2D eigenvalue weighted by Crippen LogP contribution is 2.35. The second-order valence-corrected chi connectivity index (χ2v) is 5.69. The number of carbonyl (C=O) groups is 1. The molecule has 0 N–H and O–H groups in total. The monoisotopic (exact) mass is 264 g/mol. The number of methoxy groups -OCH3 is 1. The zero-order chi connectivity index (χ0) is 13.9. The SMILES string of the molecule is CCn1cc(CC(=O)C2(OC)CCC(C)CC2)cn1. The highest BCUT2D eigenvalue weighted by molar-refractivity contribution is 5.89. The first-order valence-corrected chi connectivity index (χ1v) is 7.19. The Hall–Kier alpha value is -1.16. The highest BCUT2D eigenvalue weighted by Gasteiger charge is 2.40. The maximum absolute atomic E-state index is 12.6. The van der Waals surface area contributed by atoms with Crippen LogP contribution in [-0.4, -0.2) is 28.3 Å². The van der Waals surface area contributed by atoms with Gasteiger partial charge in [0.15, 0.2) is 5.78 Å². The normalized spacial score (nSPS) is 27.4. The second-order valence-electron chi connectivity index (χ2n) is 5.69. The van der Waals surface area contributed by atoms with Crippen molar-refractivity contribution in [3.05, 3.63) is 18.0 Å². The van der Waals surface area contributed by atoms with Crippen LogP contribution in [0.5, 0.6) is 0 Å². The second kappa shape index (κ2) is 5.87. The van der Waals surface area contributed by atoms with Gasteiger partial charge >= 0.3 is 0 Å². The lowest BCUT2D eigenvalue weighted by molar-refractivity contribution is -0.145. The molecular formula is C15H24N2O2. The Balaban J connectivity index is 2.04. The van der Waals surface area contributed by atoms with Crippen molar-refractivity contribution in [3.63, 3.8) is 0 Å². The van der Waals surface area contributed by atoms with Crippen LogP contribution >= 0.6 is 0 Å². The summed E-state index contributed by atoms with van der Waals surface area (Å²) in [7, 11) is 1.67. The maximum Gasteiger partial charge on any atom is 0.169 e. The smallest absolute Gasteiger partial charge is 0.169 e. The molecule has 1 aliphatic carbocycles. The van der Waals surface area contributed by atoms with Crippen LogP contribution in [0.15, 0.2) is 12.4 Å². The average Bonchev–Trinajstić information content (AvgIpc) is 2.87. The van der Waals surface area contributed by atoms with Crippen LogP contribution in [0, 0.1) is 5.92 Å². The minimum Gasteiger partial charge on any atom is -0.370 e. The molecule has 1 aliphatic rings. The van der Waals surface area contributed by atoms with Gasteiger partial charge in [-0.2, -0.15) is 5.10 Å². The van der Waals surface area contributed by atoms with E-state index >= 15 is 0 Å². The Morgan fingerprint density at radius 3 is 2.74 bits per heavy atom. The number of ketones is 1. The Labute approximate surface area is 115 Å². The Morgan fingerprint density at radius 2 is 2.21 bits per heavy atom. The first-order chi connectivity index (χ1) is 9.09. The molecule has 106 valence electrons. The van der Waals surface area contributed by atoms with Crippen molar-refractivity contribution < 1.29 is 9.53 Å². The highest BCUT2D eigenvalue weighted by atomic mass is 16.5. The standard InChI is InChI=1S/C15H24N2O2/c1-4-17-11-13(10-16-17)9-14(18)15(19-3)7-5-12(2)6-8-15/h10-12H,4-9H2,1-3H3. The number of carbonyl (C=O) groups excluding carboxylic acids is 1. The Bertz CT molecular complexity index is 431. The molecule has 0 aliphatic heterocycles. The summed E-state index contributed by atoms with van der Waals surface area (Å²) in [4.78, 5) is 12.6. The van der Waals surface area contributed by atoms with Crippen LogP contribution in [0.4, 0.5) is 0 Å². The third kappa shape index (κ3) is 3.06. The number of rotatable bonds is 5. The van der Waals surface area contributed by atoms with Crippen LogP contribution in [0.3, 0.4) is 0 Å². The van der Waals surface area contributed by atoms with Gasteiger partial charge in [-0.3, -0.25) is 9.48 Å². The minimum atomic E-state index is -0.555. The molecule has 2 rings (SSSR count). The van der Waals surface area contributed by atoms with Crippen molar-refractivity contribution in [2.75, 3.05) is 7.11 Å². The number of Topliss-reactive ketones (excluding diaryl/α,β-unsaturated/α-hetero) is 1. The Kier molecular flexibility index (Phi) is 4.40. The maximum atomic E-state index is 12.6. The largest absolute Gasteiger partial charge is 0.370 e. The zero-order valence-corrected chi connectivity index (χ0v) is 12.2. The molecule has 1 saturated carbocycles. The number of nitrogens with zero attached hydrogens (tertiary/aromatic N) is 2. The molecule has 19 heavy (non-hydrogen) atoms. The zero-order valence-electron chi connectivity index (χ0n) is 12.2. The molecule has 0 atom stereocenters. The van der Waals surface area contributed by atoms with Crippen molar-refractivity contribution in [3.8, 4) is 0 Å². The lowest BCUT2D eigenvalue weighted by Gasteiger charge is -2.36. The van der Waals surface area contributed by atoms with Crippen molar-refractivity contribution in [2.45, 2.75) is 58.1 Å². The fourth-order valence-electron chi connectivity index (χ4n) is 2.84. The third-order valence-electron chi connectivity index (χ3n) is 4.36. The van der Waals surface area contributed by atoms with Gasteiger partial charge in [0.25, 0.3) is 0 Å². The summed E-state index contributed by atoms with van der Waals surface area (Å²) in [6.07, 6.45) is 8.03. The first kappa shape index (κ1) is 14.3. The molecule has 0 bridgehead atoms. The molecule has 1 aromatic heterocycles. The molecule has 0 aromatic carbocycles. The summed E-state index contributed by atoms with van der Waals surface area (Å²) in [6.45, 7) is 5.12. The molecule has 4 heteroatoms. The fourth-order valence-corrected chi connectivity index (χ4v) is 2.84. The van der Waals surface area contributed by atoms with E-state index in [9.17, 15) is 4.79 Å². The van der Waals surface area contributed by atoms with Crippen LogP contribution in [0.2, 0.25) is 0 Å². The summed E-state index contributed by atoms with van der Waals surface area (Å²) in [5.41, 5.74) is 0.433. The molecule has 1 fully saturated rings. The summed E-state index contributed by atoms with van der Waals surface area (Å²) in [5, 5.41) is 4.22. The summed E-state index contributed by atoms with van der Waals surface area (Å²) >= 11 is 0. The van der Waals surface area contributed by atoms with E-state index in [1.807, 2.05) is 17.8 Å². The minimum absolute atomic E-state index is 0.206. The number of hydrogen-bond donors (Lipinski definition) is 0. The lowest BCUT2D eigenvalue weighted by Crippen LogP contribution is -2.44. The molecule has 0 saturated heterocycles. The predicted molar refractivity (Wildman–Crippen MR) is 74.0 cm³/mol. The van der Waals surface area contributed by atoms with E-state index < -0.39 is 5.60 Å². The van der Waals surface area contributed by atoms with Gasteiger partial charge in [-0.05, 0) is 44.1 Å². The van der Waals surface area contributed by atoms with Crippen LogP contribution in [0.25, 0.3) is 0 Å². The van der Waals surface area contributed by atoms with E-state index in [0.29, 0.717) is 12.3 Å². The quantitative estimate of drug-likeness (QED) is 0.821. The van der Waals surface area contributed by atoms with Gasteiger partial charge in [0.2, 0.25) is 0 Å². The van der Waals surface area contributed by atoms with E-state index in [1.165, 1.54) is 0 Å². The van der Waals surface area contributed by atoms with E-state index in [0.717, 1.165) is 37.8 Å². The van der Waals surface area contributed by atoms with Crippen LogP contribution in [-0.2, 0) is 22.5 Å². The molecule has 0 radical (unpaired) electrons. The number of ether oxygens (including phenoxy) is 1. The van der Waals surface area contributed by atoms with E-state index in [2.05, 4.69) is 12.0 Å². The van der Waals surface area contributed by atoms with Gasteiger partial charge < -0.3 is 4.74 Å². The average molecular weight is 264 g/mol. The summed E-state index contributed by atoms with van der Waals surface area (Å²) in [6, 6.07) is 0. The molecule has 4 nitrogen and oxygen atoms in total. The Morgan fingerprint density at radius 1 is 1.53 bits per heavy atom. The molecule has 0 unspecified atom stereocenters. The van der Waals surface area contributed by atoms with Gasteiger partial charge in [0.05, 0.1) is 6.20 Å². The lowest BCUT2D eigenvalue weighted by atomic mass is 9.76. The molecule has 0 amide bonds.